The first-order valence-corrected chi connectivity index (χ1v) is 9.86. The molecule has 152 valence electrons. The molecule has 5 heteroatoms. The molecule has 29 heavy (non-hydrogen) atoms. The van der Waals surface area contributed by atoms with Crippen LogP contribution in [0.5, 0.6) is 0 Å². The molecular weight excluding hydrogens is 375 g/mol. The second-order valence-corrected chi connectivity index (χ2v) is 7.51. The van der Waals surface area contributed by atoms with Gasteiger partial charge in [0.15, 0.2) is 0 Å². The summed E-state index contributed by atoms with van der Waals surface area (Å²) in [6.07, 6.45) is 2.99. The fourth-order valence-corrected chi connectivity index (χ4v) is 3.82. The first kappa shape index (κ1) is 21.1. The molecule has 1 saturated carbocycles. The number of halogens is 3. The number of benzene rings is 2. The van der Waals surface area contributed by atoms with Gasteiger partial charge in [0.25, 0.3) is 0 Å². The van der Waals surface area contributed by atoms with E-state index in [0.717, 1.165) is 31.2 Å². The Balaban J connectivity index is 1.56. The van der Waals surface area contributed by atoms with E-state index in [-0.39, 0.29) is 24.2 Å². The Morgan fingerprint density at radius 3 is 2.38 bits per heavy atom. The van der Waals surface area contributed by atoms with Gasteiger partial charge in [0.1, 0.15) is 11.9 Å². The second kappa shape index (κ2) is 9.28. The van der Waals surface area contributed by atoms with Crippen molar-refractivity contribution in [1.29, 1.82) is 5.26 Å². The topological polar surface area (TPSA) is 33.0 Å². The van der Waals surface area contributed by atoms with Gasteiger partial charge in [0, 0.05) is 0 Å². The number of hydrogen-bond donors (Lipinski definition) is 0. The maximum Gasteiger partial charge on any atom is 0.383 e. The van der Waals surface area contributed by atoms with Gasteiger partial charge in [-0.3, -0.25) is 0 Å². The van der Waals surface area contributed by atoms with Crippen LogP contribution in [0.3, 0.4) is 0 Å². The molecule has 3 rings (SSSR count). The van der Waals surface area contributed by atoms with Crippen molar-refractivity contribution in [1.82, 2.24) is 0 Å². The van der Waals surface area contributed by atoms with E-state index in [4.69, 9.17) is 10.00 Å². The smallest absolute Gasteiger partial charge is 0.316 e. The van der Waals surface area contributed by atoms with Crippen LogP contribution >= 0.6 is 0 Å². The number of rotatable bonds is 7. The molecule has 2 nitrogen and oxygen atoms in total. The minimum atomic E-state index is -3.41. The summed E-state index contributed by atoms with van der Waals surface area (Å²) in [6, 6.07) is 12.2. The molecule has 0 radical (unpaired) electrons. The van der Waals surface area contributed by atoms with E-state index >= 15 is 0 Å². The van der Waals surface area contributed by atoms with Gasteiger partial charge in [0.05, 0.1) is 17.7 Å². The molecule has 0 unspecified atom stereocenters. The molecule has 2 aromatic rings. The molecule has 0 bridgehead atoms. The Hall–Kier alpha value is -2.58. The molecule has 0 amide bonds. The van der Waals surface area contributed by atoms with E-state index in [0.29, 0.717) is 17.4 Å². The van der Waals surface area contributed by atoms with Crippen LogP contribution in [0.1, 0.15) is 53.9 Å². The van der Waals surface area contributed by atoms with E-state index < -0.39 is 11.9 Å². The zero-order valence-corrected chi connectivity index (χ0v) is 16.2. The van der Waals surface area contributed by atoms with Gasteiger partial charge in [-0.15, -0.1) is 6.58 Å². The molecule has 0 N–H and O–H groups in total. The maximum atomic E-state index is 14.4. The number of nitrogens with zero attached hydrogens (tertiary/aromatic N) is 1. The normalized spacial score (nSPS) is 19.5. The van der Waals surface area contributed by atoms with Gasteiger partial charge >= 0.3 is 6.11 Å². The van der Waals surface area contributed by atoms with Crippen LogP contribution in [-0.2, 0) is 17.3 Å². The average molecular weight is 399 g/mol. The summed E-state index contributed by atoms with van der Waals surface area (Å²) in [5.74, 6) is 0.309. The number of alkyl halides is 2. The minimum absolute atomic E-state index is 0.0712. The molecule has 1 fully saturated rings. The quantitative estimate of drug-likeness (QED) is 0.500. The molecule has 0 aromatic heterocycles. The number of ether oxygens (including phenoxy) is 1. The van der Waals surface area contributed by atoms with Crippen molar-refractivity contribution >= 4 is 0 Å². The Morgan fingerprint density at radius 2 is 1.79 bits per heavy atom. The van der Waals surface area contributed by atoms with Crippen LogP contribution in [0.15, 0.2) is 55.1 Å². The standard InChI is InChI=1S/C24H24F3NO/c1-2-17-3-6-19(7-4-17)20-9-11-22(12-10-20)24(26,27)29-14-13-18-5-8-21(16-28)23(25)15-18/h2,5,8-12,15,17,19H,1,3-4,6-7,13-14H2/t17-,19-. The Kier molecular flexibility index (Phi) is 6.76. The van der Waals surface area contributed by atoms with Gasteiger partial charge in [0.2, 0.25) is 0 Å². The monoisotopic (exact) mass is 399 g/mol. The molecular formula is C24H24F3NO. The predicted molar refractivity (Wildman–Crippen MR) is 106 cm³/mol. The fraction of sp³-hybridized carbons (Fsp3) is 0.375. The lowest BCUT2D eigenvalue weighted by Crippen LogP contribution is -2.20. The fourth-order valence-electron chi connectivity index (χ4n) is 3.82. The van der Waals surface area contributed by atoms with Crippen molar-refractivity contribution < 1.29 is 17.9 Å². The van der Waals surface area contributed by atoms with Crippen molar-refractivity contribution in [3.05, 3.63) is 83.2 Å². The molecule has 1 aliphatic carbocycles. The second-order valence-electron chi connectivity index (χ2n) is 7.51. The first-order chi connectivity index (χ1) is 13.9. The summed E-state index contributed by atoms with van der Waals surface area (Å²) in [5.41, 5.74) is 1.33. The lowest BCUT2D eigenvalue weighted by atomic mass is 9.79. The highest BCUT2D eigenvalue weighted by Gasteiger charge is 2.33. The zero-order chi connectivity index (χ0) is 20.9. The van der Waals surface area contributed by atoms with Crippen LogP contribution in [0.4, 0.5) is 13.2 Å². The average Bonchev–Trinajstić information content (AvgIpc) is 2.74. The van der Waals surface area contributed by atoms with E-state index in [2.05, 4.69) is 6.58 Å². The van der Waals surface area contributed by atoms with Crippen molar-refractivity contribution in [2.45, 2.75) is 44.1 Å². The third kappa shape index (κ3) is 5.27. The SMILES string of the molecule is C=C[C@H]1CC[C@H](c2ccc(C(F)(F)OCCc3ccc(C#N)c(F)c3)cc2)CC1. The summed E-state index contributed by atoms with van der Waals surface area (Å²) in [5, 5.41) is 8.73. The highest BCUT2D eigenvalue weighted by Crippen LogP contribution is 2.37. The van der Waals surface area contributed by atoms with Gasteiger partial charge in [-0.25, -0.2) is 4.39 Å². The largest absolute Gasteiger partial charge is 0.383 e. The molecule has 0 spiro atoms. The summed E-state index contributed by atoms with van der Waals surface area (Å²) in [6.45, 7) is 3.59. The predicted octanol–water partition coefficient (Wildman–Crippen LogP) is 6.47. The Morgan fingerprint density at radius 1 is 1.10 bits per heavy atom. The summed E-state index contributed by atoms with van der Waals surface area (Å²) >= 11 is 0. The summed E-state index contributed by atoms with van der Waals surface area (Å²) in [7, 11) is 0. The third-order valence-electron chi connectivity index (χ3n) is 5.65. The van der Waals surface area contributed by atoms with Crippen LogP contribution in [0.2, 0.25) is 0 Å². The molecule has 0 saturated heterocycles. The first-order valence-electron chi connectivity index (χ1n) is 9.86. The lowest BCUT2D eigenvalue weighted by Gasteiger charge is -2.27. The van der Waals surface area contributed by atoms with Crippen molar-refractivity contribution in [2.24, 2.45) is 5.92 Å². The van der Waals surface area contributed by atoms with Crippen molar-refractivity contribution in [3.8, 4) is 6.07 Å². The highest BCUT2D eigenvalue weighted by molar-refractivity contribution is 5.33. The Bertz CT molecular complexity index is 878. The minimum Gasteiger partial charge on any atom is -0.316 e. The van der Waals surface area contributed by atoms with Gasteiger partial charge in [-0.2, -0.15) is 14.0 Å². The van der Waals surface area contributed by atoms with Crippen LogP contribution in [0.25, 0.3) is 0 Å². The Labute approximate surface area is 169 Å². The van der Waals surface area contributed by atoms with E-state index in [1.165, 1.54) is 24.3 Å². The summed E-state index contributed by atoms with van der Waals surface area (Å²) < 4.78 is 47.1. The molecule has 2 aromatic carbocycles. The zero-order valence-electron chi connectivity index (χ0n) is 16.2. The number of allylic oxidation sites excluding steroid dienone is 1. The third-order valence-corrected chi connectivity index (χ3v) is 5.65. The van der Waals surface area contributed by atoms with E-state index in [9.17, 15) is 13.2 Å². The lowest BCUT2D eigenvalue weighted by molar-refractivity contribution is -0.248. The van der Waals surface area contributed by atoms with E-state index in [1.807, 2.05) is 6.08 Å². The molecule has 1 aliphatic rings. The van der Waals surface area contributed by atoms with Crippen molar-refractivity contribution in [2.75, 3.05) is 6.61 Å². The molecule has 0 aliphatic heterocycles. The molecule has 0 atom stereocenters. The van der Waals surface area contributed by atoms with Gasteiger partial charge in [-0.1, -0.05) is 36.4 Å². The molecule has 0 heterocycles. The van der Waals surface area contributed by atoms with Crippen LogP contribution < -0.4 is 0 Å². The van der Waals surface area contributed by atoms with Gasteiger partial charge in [-0.05, 0) is 67.2 Å². The van der Waals surface area contributed by atoms with Gasteiger partial charge < -0.3 is 4.74 Å². The van der Waals surface area contributed by atoms with E-state index in [1.54, 1.807) is 24.3 Å². The van der Waals surface area contributed by atoms with Crippen LogP contribution in [-0.4, -0.2) is 6.61 Å². The summed E-state index contributed by atoms with van der Waals surface area (Å²) in [4.78, 5) is 0. The maximum absolute atomic E-state index is 14.4. The number of hydrogen-bond acceptors (Lipinski definition) is 2. The number of nitriles is 1. The highest BCUT2D eigenvalue weighted by atomic mass is 19.3. The van der Waals surface area contributed by atoms with Crippen LogP contribution in [0, 0.1) is 23.1 Å². The van der Waals surface area contributed by atoms with Crippen molar-refractivity contribution in [3.63, 3.8) is 0 Å².